The summed E-state index contributed by atoms with van der Waals surface area (Å²) in [5, 5.41) is 11.8. The summed E-state index contributed by atoms with van der Waals surface area (Å²) < 4.78 is 0. The fraction of sp³-hybridized carbons (Fsp3) is 0.462. The van der Waals surface area contributed by atoms with Crippen molar-refractivity contribution in [3.63, 3.8) is 0 Å². The van der Waals surface area contributed by atoms with Crippen LogP contribution < -0.4 is 0 Å². The van der Waals surface area contributed by atoms with Crippen molar-refractivity contribution in [3.05, 3.63) is 34.4 Å². The molecule has 0 heterocycles. The molecule has 15 heavy (non-hydrogen) atoms. The van der Waals surface area contributed by atoms with Gasteiger partial charge in [0.15, 0.2) is 0 Å². The molecule has 0 aliphatic carbocycles. The summed E-state index contributed by atoms with van der Waals surface area (Å²) in [5.74, 6) is 0. The van der Waals surface area contributed by atoms with E-state index in [4.69, 9.17) is 5.21 Å². The highest BCUT2D eigenvalue weighted by molar-refractivity contribution is 5.83. The summed E-state index contributed by atoms with van der Waals surface area (Å²) in [6.45, 7) is 6.42. The Morgan fingerprint density at radius 1 is 1.07 bits per heavy atom. The minimum absolute atomic E-state index is 0.974. The minimum atomic E-state index is 0.974. The highest BCUT2D eigenvalue weighted by Gasteiger charge is 2.06. The van der Waals surface area contributed by atoms with E-state index >= 15 is 0 Å². The second kappa shape index (κ2) is 5.54. The molecule has 0 spiro atoms. The third kappa shape index (κ3) is 2.58. The largest absolute Gasteiger partial charge is 0.411 e. The van der Waals surface area contributed by atoms with E-state index in [0.29, 0.717) is 0 Å². The average Bonchev–Trinajstić information content (AvgIpc) is 2.29. The quantitative estimate of drug-likeness (QED) is 0.457. The van der Waals surface area contributed by atoms with E-state index in [9.17, 15) is 0 Å². The van der Waals surface area contributed by atoms with E-state index in [1.165, 1.54) is 16.7 Å². The van der Waals surface area contributed by atoms with E-state index in [1.54, 1.807) is 6.21 Å². The zero-order chi connectivity index (χ0) is 11.3. The molecule has 0 fully saturated rings. The number of nitrogens with zero attached hydrogens (tertiary/aromatic N) is 1. The molecule has 0 amide bonds. The van der Waals surface area contributed by atoms with Crippen LogP contribution in [0.2, 0.25) is 0 Å². The fourth-order valence-electron chi connectivity index (χ4n) is 1.86. The predicted molar refractivity (Wildman–Crippen MR) is 64.0 cm³/mol. The highest BCUT2D eigenvalue weighted by atomic mass is 16.4. The van der Waals surface area contributed by atoms with Gasteiger partial charge in [-0.15, -0.1) is 0 Å². The third-order valence-electron chi connectivity index (χ3n) is 2.77. The van der Waals surface area contributed by atoms with Gasteiger partial charge in [0.1, 0.15) is 0 Å². The van der Waals surface area contributed by atoms with Crippen LogP contribution in [-0.2, 0) is 19.3 Å². The molecule has 0 aliphatic heterocycles. The van der Waals surface area contributed by atoms with Gasteiger partial charge in [-0.2, -0.15) is 0 Å². The summed E-state index contributed by atoms with van der Waals surface area (Å²) in [4.78, 5) is 0. The Labute approximate surface area is 91.6 Å². The Morgan fingerprint density at radius 2 is 1.60 bits per heavy atom. The third-order valence-corrected chi connectivity index (χ3v) is 2.77. The first-order valence-corrected chi connectivity index (χ1v) is 5.58. The van der Waals surface area contributed by atoms with Crippen molar-refractivity contribution < 1.29 is 5.21 Å². The second-order valence-electron chi connectivity index (χ2n) is 3.63. The summed E-state index contributed by atoms with van der Waals surface area (Å²) in [6.07, 6.45) is 4.55. The fourth-order valence-corrected chi connectivity index (χ4v) is 1.86. The smallest absolute Gasteiger partial charge is 0.0739 e. The van der Waals surface area contributed by atoms with E-state index in [2.05, 4.69) is 38.1 Å². The number of hydrogen-bond donors (Lipinski definition) is 1. The molecule has 0 aromatic heterocycles. The van der Waals surface area contributed by atoms with Crippen LogP contribution in [0, 0.1) is 0 Å². The maximum absolute atomic E-state index is 8.66. The molecule has 1 N–H and O–H groups in total. The molecule has 0 atom stereocenters. The minimum Gasteiger partial charge on any atom is -0.411 e. The van der Waals surface area contributed by atoms with Crippen LogP contribution in [-0.4, -0.2) is 11.4 Å². The van der Waals surface area contributed by atoms with E-state index in [0.717, 1.165) is 24.8 Å². The summed E-state index contributed by atoms with van der Waals surface area (Å²) in [7, 11) is 0. The Kier molecular flexibility index (Phi) is 4.35. The van der Waals surface area contributed by atoms with E-state index in [-0.39, 0.29) is 0 Å². The van der Waals surface area contributed by atoms with Crippen LogP contribution in [0.1, 0.15) is 43.0 Å². The van der Waals surface area contributed by atoms with Gasteiger partial charge in [-0.25, -0.2) is 0 Å². The van der Waals surface area contributed by atoms with Gasteiger partial charge in [0.05, 0.1) is 6.21 Å². The van der Waals surface area contributed by atoms with Crippen LogP contribution in [0.15, 0.2) is 17.3 Å². The molecular formula is C13H19NO. The first kappa shape index (κ1) is 11.8. The van der Waals surface area contributed by atoms with Crippen molar-refractivity contribution >= 4 is 6.21 Å². The monoisotopic (exact) mass is 205 g/mol. The highest BCUT2D eigenvalue weighted by Crippen LogP contribution is 2.18. The van der Waals surface area contributed by atoms with Crippen LogP contribution >= 0.6 is 0 Å². The van der Waals surface area contributed by atoms with Crippen molar-refractivity contribution in [1.82, 2.24) is 0 Å². The molecular weight excluding hydrogens is 186 g/mol. The lowest BCUT2D eigenvalue weighted by Crippen LogP contribution is -2.00. The van der Waals surface area contributed by atoms with Crippen molar-refractivity contribution in [2.45, 2.75) is 40.0 Å². The second-order valence-corrected chi connectivity index (χ2v) is 3.63. The van der Waals surface area contributed by atoms with Crippen molar-refractivity contribution in [3.8, 4) is 0 Å². The van der Waals surface area contributed by atoms with Gasteiger partial charge in [-0.1, -0.05) is 38.1 Å². The molecule has 1 aromatic rings. The van der Waals surface area contributed by atoms with Crippen molar-refractivity contribution in [2.24, 2.45) is 5.16 Å². The average molecular weight is 205 g/mol. The van der Waals surface area contributed by atoms with Crippen LogP contribution in [0.25, 0.3) is 0 Å². The number of rotatable bonds is 4. The van der Waals surface area contributed by atoms with Gasteiger partial charge in [0.25, 0.3) is 0 Å². The zero-order valence-corrected chi connectivity index (χ0v) is 9.75. The molecule has 0 unspecified atom stereocenters. The number of hydrogen-bond acceptors (Lipinski definition) is 2. The van der Waals surface area contributed by atoms with Gasteiger partial charge in [0.2, 0.25) is 0 Å². The topological polar surface area (TPSA) is 32.6 Å². The van der Waals surface area contributed by atoms with Gasteiger partial charge in [-0.3, -0.25) is 0 Å². The van der Waals surface area contributed by atoms with Crippen molar-refractivity contribution in [1.29, 1.82) is 0 Å². The zero-order valence-electron chi connectivity index (χ0n) is 9.75. The van der Waals surface area contributed by atoms with Gasteiger partial charge >= 0.3 is 0 Å². The lowest BCUT2D eigenvalue weighted by molar-refractivity contribution is 0.322. The summed E-state index contributed by atoms with van der Waals surface area (Å²) >= 11 is 0. The molecule has 0 bridgehead atoms. The SMILES string of the molecule is CCc1cc(CC)c(C=NO)c(CC)c1. The number of oxime groups is 1. The molecule has 1 rings (SSSR count). The Balaban J connectivity index is 3.32. The number of benzene rings is 1. The van der Waals surface area contributed by atoms with Gasteiger partial charge < -0.3 is 5.21 Å². The molecule has 0 radical (unpaired) electrons. The van der Waals surface area contributed by atoms with E-state index < -0.39 is 0 Å². The molecule has 0 saturated carbocycles. The first-order chi connectivity index (χ1) is 7.26. The van der Waals surface area contributed by atoms with Crippen LogP contribution in [0.5, 0.6) is 0 Å². The maximum Gasteiger partial charge on any atom is 0.0739 e. The van der Waals surface area contributed by atoms with Gasteiger partial charge in [0, 0.05) is 5.56 Å². The lowest BCUT2D eigenvalue weighted by atomic mass is 9.94. The van der Waals surface area contributed by atoms with E-state index in [1.807, 2.05) is 0 Å². The molecule has 2 heteroatoms. The summed E-state index contributed by atoms with van der Waals surface area (Å²) in [5.41, 5.74) is 4.98. The van der Waals surface area contributed by atoms with Crippen molar-refractivity contribution in [2.75, 3.05) is 0 Å². The molecule has 0 saturated heterocycles. The summed E-state index contributed by atoms with van der Waals surface area (Å²) in [6, 6.07) is 4.41. The van der Waals surface area contributed by atoms with Crippen LogP contribution in [0.4, 0.5) is 0 Å². The Hall–Kier alpha value is -1.31. The predicted octanol–water partition coefficient (Wildman–Crippen LogP) is 3.18. The number of aryl methyl sites for hydroxylation is 3. The Bertz CT molecular complexity index is 331. The molecule has 2 nitrogen and oxygen atoms in total. The normalized spacial score (nSPS) is 11.1. The Morgan fingerprint density at radius 3 is 1.93 bits per heavy atom. The first-order valence-electron chi connectivity index (χ1n) is 5.58. The molecule has 1 aromatic carbocycles. The van der Waals surface area contributed by atoms with Gasteiger partial charge in [-0.05, 0) is 36.0 Å². The standard InChI is InChI=1S/C13H19NO/c1-4-10-7-11(5-2)13(9-14-15)12(6-3)8-10/h7-9,15H,4-6H2,1-3H3. The lowest BCUT2D eigenvalue weighted by Gasteiger charge is -2.11. The van der Waals surface area contributed by atoms with Crippen LogP contribution in [0.3, 0.4) is 0 Å². The molecule has 0 aliphatic rings. The molecule has 82 valence electrons. The maximum atomic E-state index is 8.66.